The van der Waals surface area contributed by atoms with Gasteiger partial charge in [0.05, 0.1) is 13.0 Å². The van der Waals surface area contributed by atoms with E-state index in [1.807, 2.05) is 26.8 Å². The summed E-state index contributed by atoms with van der Waals surface area (Å²) in [5, 5.41) is 18.0. The van der Waals surface area contributed by atoms with Crippen LogP contribution in [0.25, 0.3) is 0 Å². The van der Waals surface area contributed by atoms with Gasteiger partial charge in [-0.2, -0.15) is 0 Å². The van der Waals surface area contributed by atoms with E-state index in [0.717, 1.165) is 27.8 Å². The fourth-order valence-corrected chi connectivity index (χ4v) is 1.94. The first-order valence-corrected chi connectivity index (χ1v) is 4.88. The Labute approximate surface area is 89.4 Å². The first-order valence-electron chi connectivity index (χ1n) is 4.88. The summed E-state index contributed by atoms with van der Waals surface area (Å²) in [5.41, 5.74) is 4.55. The van der Waals surface area contributed by atoms with Crippen molar-refractivity contribution in [2.24, 2.45) is 0 Å². The maximum Gasteiger partial charge on any atom is 0.307 e. The second-order valence-electron chi connectivity index (χ2n) is 3.82. The van der Waals surface area contributed by atoms with Crippen LogP contribution in [-0.2, 0) is 17.8 Å². The molecule has 0 aliphatic carbocycles. The largest absolute Gasteiger partial charge is 0.481 e. The molecule has 0 radical (unpaired) electrons. The number of aliphatic hydroxyl groups is 1. The van der Waals surface area contributed by atoms with Crippen molar-refractivity contribution in [1.82, 2.24) is 0 Å². The highest BCUT2D eigenvalue weighted by atomic mass is 16.4. The molecule has 0 amide bonds. The Hall–Kier alpha value is -1.35. The molecule has 0 atom stereocenters. The molecule has 1 aromatic carbocycles. The number of rotatable bonds is 3. The van der Waals surface area contributed by atoms with Gasteiger partial charge in [0.2, 0.25) is 0 Å². The molecule has 3 heteroatoms. The van der Waals surface area contributed by atoms with Gasteiger partial charge in [-0.25, -0.2) is 0 Å². The Bertz CT molecular complexity index is 394. The number of carbonyl (C=O) groups is 1. The zero-order valence-corrected chi connectivity index (χ0v) is 9.29. The van der Waals surface area contributed by atoms with Crippen LogP contribution in [0.1, 0.15) is 27.8 Å². The number of hydrogen-bond acceptors (Lipinski definition) is 2. The van der Waals surface area contributed by atoms with E-state index in [0.29, 0.717) is 0 Å². The second kappa shape index (κ2) is 4.45. The van der Waals surface area contributed by atoms with E-state index in [4.69, 9.17) is 5.11 Å². The third kappa shape index (κ3) is 2.36. The zero-order valence-electron chi connectivity index (χ0n) is 9.29. The molecule has 0 saturated heterocycles. The van der Waals surface area contributed by atoms with E-state index in [9.17, 15) is 9.90 Å². The Morgan fingerprint density at radius 1 is 1.20 bits per heavy atom. The van der Waals surface area contributed by atoms with Crippen LogP contribution in [0.2, 0.25) is 0 Å². The standard InChI is InChI=1S/C12H16O3/c1-7-4-8(2)11(6-13)9(3)10(7)5-12(14)15/h4,13H,5-6H2,1-3H3,(H,14,15). The topological polar surface area (TPSA) is 57.5 Å². The molecule has 82 valence electrons. The fraction of sp³-hybridized carbons (Fsp3) is 0.417. The summed E-state index contributed by atoms with van der Waals surface area (Å²) >= 11 is 0. The summed E-state index contributed by atoms with van der Waals surface area (Å²) in [6.07, 6.45) is 0.0188. The lowest BCUT2D eigenvalue weighted by atomic mass is 9.92. The van der Waals surface area contributed by atoms with Crippen molar-refractivity contribution < 1.29 is 15.0 Å². The molecule has 0 bridgehead atoms. The van der Waals surface area contributed by atoms with Gasteiger partial charge in [0.1, 0.15) is 0 Å². The van der Waals surface area contributed by atoms with Gasteiger partial charge in [-0.05, 0) is 48.6 Å². The van der Waals surface area contributed by atoms with Crippen LogP contribution in [0.15, 0.2) is 6.07 Å². The molecule has 1 rings (SSSR count). The molecule has 3 nitrogen and oxygen atoms in total. The van der Waals surface area contributed by atoms with E-state index in [1.165, 1.54) is 0 Å². The predicted molar refractivity (Wildman–Crippen MR) is 57.9 cm³/mol. The van der Waals surface area contributed by atoms with Crippen LogP contribution in [0.5, 0.6) is 0 Å². The minimum atomic E-state index is -0.839. The molecule has 0 aliphatic heterocycles. The molecule has 0 aromatic heterocycles. The van der Waals surface area contributed by atoms with Gasteiger partial charge >= 0.3 is 5.97 Å². The van der Waals surface area contributed by atoms with Crippen molar-refractivity contribution >= 4 is 5.97 Å². The lowest BCUT2D eigenvalue weighted by molar-refractivity contribution is -0.136. The van der Waals surface area contributed by atoms with Crippen molar-refractivity contribution in [1.29, 1.82) is 0 Å². The summed E-state index contributed by atoms with van der Waals surface area (Å²) in [4.78, 5) is 10.7. The highest BCUT2D eigenvalue weighted by molar-refractivity contribution is 5.71. The van der Waals surface area contributed by atoms with Gasteiger partial charge in [-0.3, -0.25) is 4.79 Å². The van der Waals surface area contributed by atoms with Crippen molar-refractivity contribution in [3.63, 3.8) is 0 Å². The quantitative estimate of drug-likeness (QED) is 0.795. The second-order valence-corrected chi connectivity index (χ2v) is 3.82. The third-order valence-corrected chi connectivity index (χ3v) is 2.78. The number of carboxylic acids is 1. The van der Waals surface area contributed by atoms with E-state index >= 15 is 0 Å². The first-order chi connectivity index (χ1) is 6.97. The van der Waals surface area contributed by atoms with Crippen molar-refractivity contribution in [3.8, 4) is 0 Å². The third-order valence-electron chi connectivity index (χ3n) is 2.78. The van der Waals surface area contributed by atoms with Crippen molar-refractivity contribution in [3.05, 3.63) is 33.9 Å². The Morgan fingerprint density at radius 2 is 1.73 bits per heavy atom. The molecule has 0 unspecified atom stereocenters. The van der Waals surface area contributed by atoms with Crippen LogP contribution in [0.4, 0.5) is 0 Å². The minimum absolute atomic E-state index is 0.0188. The number of aryl methyl sites for hydroxylation is 2. The lowest BCUT2D eigenvalue weighted by Gasteiger charge is -2.14. The zero-order chi connectivity index (χ0) is 11.6. The summed E-state index contributed by atoms with van der Waals surface area (Å²) in [6, 6.07) is 1.93. The normalized spacial score (nSPS) is 10.4. The molecule has 0 fully saturated rings. The van der Waals surface area contributed by atoms with E-state index in [1.54, 1.807) is 0 Å². The molecule has 2 N–H and O–H groups in total. The maximum absolute atomic E-state index is 10.7. The number of aliphatic hydroxyl groups excluding tert-OH is 1. The Balaban J connectivity index is 3.32. The smallest absolute Gasteiger partial charge is 0.307 e. The van der Waals surface area contributed by atoms with Gasteiger partial charge in [-0.15, -0.1) is 0 Å². The van der Waals surface area contributed by atoms with Crippen molar-refractivity contribution in [2.45, 2.75) is 33.8 Å². The highest BCUT2D eigenvalue weighted by Gasteiger charge is 2.12. The van der Waals surface area contributed by atoms with Crippen LogP contribution in [0, 0.1) is 20.8 Å². The molecule has 0 aliphatic rings. The monoisotopic (exact) mass is 208 g/mol. The summed E-state index contributed by atoms with van der Waals surface area (Å²) in [7, 11) is 0. The average molecular weight is 208 g/mol. The Morgan fingerprint density at radius 3 is 2.20 bits per heavy atom. The molecule has 0 saturated carbocycles. The minimum Gasteiger partial charge on any atom is -0.481 e. The number of aliphatic carboxylic acids is 1. The van der Waals surface area contributed by atoms with Gasteiger partial charge in [0, 0.05) is 0 Å². The summed E-state index contributed by atoms with van der Waals surface area (Å²) in [6.45, 7) is 5.66. The van der Waals surface area contributed by atoms with Gasteiger partial charge in [0.25, 0.3) is 0 Å². The summed E-state index contributed by atoms with van der Waals surface area (Å²) < 4.78 is 0. The molecular weight excluding hydrogens is 192 g/mol. The first kappa shape index (κ1) is 11.7. The SMILES string of the molecule is Cc1cc(C)c(CC(=O)O)c(C)c1CO. The lowest BCUT2D eigenvalue weighted by Crippen LogP contribution is -2.07. The number of carboxylic acid groups (broad SMARTS) is 1. The van der Waals surface area contributed by atoms with Gasteiger partial charge in [-0.1, -0.05) is 6.07 Å². The number of benzene rings is 1. The van der Waals surface area contributed by atoms with E-state index in [2.05, 4.69) is 0 Å². The predicted octanol–water partition coefficient (Wildman–Crippen LogP) is 1.73. The van der Waals surface area contributed by atoms with Gasteiger partial charge < -0.3 is 10.2 Å². The van der Waals surface area contributed by atoms with Crippen LogP contribution < -0.4 is 0 Å². The van der Waals surface area contributed by atoms with Crippen LogP contribution in [-0.4, -0.2) is 16.2 Å². The van der Waals surface area contributed by atoms with Crippen molar-refractivity contribution in [2.75, 3.05) is 0 Å². The molecule has 0 heterocycles. The molecule has 0 spiro atoms. The summed E-state index contributed by atoms with van der Waals surface area (Å²) in [5.74, 6) is -0.839. The average Bonchev–Trinajstić information content (AvgIpc) is 2.12. The van der Waals surface area contributed by atoms with Crippen LogP contribution in [0.3, 0.4) is 0 Å². The van der Waals surface area contributed by atoms with Gasteiger partial charge in [0.15, 0.2) is 0 Å². The fourth-order valence-electron chi connectivity index (χ4n) is 1.94. The van der Waals surface area contributed by atoms with E-state index in [-0.39, 0.29) is 13.0 Å². The maximum atomic E-state index is 10.7. The number of hydrogen-bond donors (Lipinski definition) is 2. The van der Waals surface area contributed by atoms with E-state index < -0.39 is 5.97 Å². The molecule has 15 heavy (non-hydrogen) atoms. The molecular formula is C12H16O3. The van der Waals surface area contributed by atoms with Crippen LogP contribution >= 0.6 is 0 Å². The highest BCUT2D eigenvalue weighted by Crippen LogP contribution is 2.22. The molecule has 1 aromatic rings. The Kier molecular flexibility index (Phi) is 3.48.